The van der Waals surface area contributed by atoms with Gasteiger partial charge in [0.2, 0.25) is 5.91 Å². The number of carbonyl (C=O) groups excluding carboxylic acids is 5. The summed E-state index contributed by atoms with van der Waals surface area (Å²) in [6, 6.07) is 9.71. The van der Waals surface area contributed by atoms with E-state index in [4.69, 9.17) is 5.73 Å². The van der Waals surface area contributed by atoms with Gasteiger partial charge in [-0.15, -0.1) is 0 Å². The summed E-state index contributed by atoms with van der Waals surface area (Å²) in [5.41, 5.74) is 5.75. The Kier molecular flexibility index (Phi) is 7.14. The molecule has 3 aliphatic rings. The molecule has 0 radical (unpaired) electrons. The molecule has 2 aromatic rings. The number of nitrogens with one attached hydrogen (secondary N) is 1. The molecule has 0 saturated heterocycles. The highest BCUT2D eigenvalue weighted by Gasteiger charge is 2.69. The minimum atomic E-state index is -2.74. The molecular weight excluding hydrogens is 538 g/mol. The Labute approximate surface area is 244 Å². The second kappa shape index (κ2) is 10.1. The van der Waals surface area contributed by atoms with Crippen LogP contribution in [0.2, 0.25) is 0 Å². The zero-order valence-electron chi connectivity index (χ0n) is 24.4. The predicted molar refractivity (Wildman–Crippen MR) is 155 cm³/mol. The molecule has 10 heteroatoms. The first-order valence-electron chi connectivity index (χ1n) is 14.1. The molecule has 1 amide bonds. The quantitative estimate of drug-likeness (QED) is 0.390. The molecule has 222 valence electrons. The number of benzene rings is 2. The van der Waals surface area contributed by atoms with Crippen molar-refractivity contribution in [3.8, 4) is 16.9 Å². The number of primary amides is 1. The molecule has 0 heterocycles. The number of nitrogens with two attached hydrogens (primary N) is 1. The average molecular weight is 576 g/mol. The van der Waals surface area contributed by atoms with Crippen LogP contribution in [-0.4, -0.2) is 76.4 Å². The average Bonchev–Trinajstić information content (AvgIpc) is 2.89. The number of Topliss-reactive ketones (excluding diaryl/α,β-unsaturated/α-hetero) is 4. The van der Waals surface area contributed by atoms with E-state index in [0.717, 1.165) is 23.4 Å². The van der Waals surface area contributed by atoms with E-state index in [9.17, 15) is 34.2 Å². The number of likely N-dealkylation sites (N-methyl/N-ethyl adjacent to an activating group) is 1. The van der Waals surface area contributed by atoms with E-state index in [1.165, 1.54) is 11.0 Å². The molecule has 0 spiro atoms. The second-order valence-corrected chi connectivity index (χ2v) is 13.3. The van der Waals surface area contributed by atoms with Gasteiger partial charge in [-0.05, 0) is 73.2 Å². The number of aromatic hydroxyl groups is 1. The minimum Gasteiger partial charge on any atom is -0.507 e. The number of anilines is 1. The van der Waals surface area contributed by atoms with Crippen LogP contribution in [0.5, 0.6) is 5.75 Å². The molecule has 0 aromatic heterocycles. The Morgan fingerprint density at radius 3 is 2.26 bits per heavy atom. The van der Waals surface area contributed by atoms with Crippen molar-refractivity contribution in [2.24, 2.45) is 34.8 Å². The van der Waals surface area contributed by atoms with Crippen LogP contribution in [-0.2, 0) is 25.6 Å². The Hall–Kier alpha value is -3.89. The first-order chi connectivity index (χ1) is 19.6. The lowest BCUT2D eigenvalue weighted by molar-refractivity contribution is -0.181. The van der Waals surface area contributed by atoms with Gasteiger partial charge in [0.15, 0.2) is 34.7 Å². The molecule has 2 saturated carbocycles. The van der Waals surface area contributed by atoms with Crippen molar-refractivity contribution < 1.29 is 34.2 Å². The number of phenols is 1. The van der Waals surface area contributed by atoms with Gasteiger partial charge in [0.25, 0.3) is 0 Å². The normalized spacial score (nSPS) is 29.2. The summed E-state index contributed by atoms with van der Waals surface area (Å²) < 4.78 is 0. The molecule has 2 aromatic carbocycles. The van der Waals surface area contributed by atoms with Crippen LogP contribution in [0, 0.1) is 29.1 Å². The van der Waals surface area contributed by atoms with Gasteiger partial charge in [0.05, 0.1) is 17.5 Å². The van der Waals surface area contributed by atoms with Crippen molar-refractivity contribution in [1.82, 2.24) is 4.90 Å². The van der Waals surface area contributed by atoms with E-state index in [1.54, 1.807) is 20.2 Å². The Balaban J connectivity index is 1.56. The summed E-state index contributed by atoms with van der Waals surface area (Å²) in [6.45, 7) is 7.18. The maximum absolute atomic E-state index is 14.0. The lowest BCUT2D eigenvalue weighted by atomic mass is 9.52. The highest BCUT2D eigenvalue weighted by Crippen LogP contribution is 2.51. The maximum atomic E-state index is 14.0. The van der Waals surface area contributed by atoms with E-state index in [0.29, 0.717) is 5.56 Å². The van der Waals surface area contributed by atoms with Crippen LogP contribution in [0.4, 0.5) is 5.69 Å². The second-order valence-electron chi connectivity index (χ2n) is 13.3. The number of nitrogens with zero attached hydrogens (tertiary/aromatic N) is 1. The van der Waals surface area contributed by atoms with Crippen LogP contribution in [0.15, 0.2) is 36.4 Å². The zero-order chi connectivity index (χ0) is 30.9. The first-order valence-corrected chi connectivity index (χ1v) is 14.1. The summed E-state index contributed by atoms with van der Waals surface area (Å²) in [7, 11) is 3.12. The Morgan fingerprint density at radius 2 is 1.69 bits per heavy atom. The van der Waals surface area contributed by atoms with Crippen molar-refractivity contribution in [3.63, 3.8) is 0 Å². The van der Waals surface area contributed by atoms with Crippen molar-refractivity contribution in [2.45, 2.75) is 45.3 Å². The van der Waals surface area contributed by atoms with Gasteiger partial charge < -0.3 is 21.3 Å². The topological polar surface area (TPSA) is 167 Å². The van der Waals surface area contributed by atoms with Gasteiger partial charge in [0.1, 0.15) is 5.75 Å². The summed E-state index contributed by atoms with van der Waals surface area (Å²) in [5, 5.41) is 25.9. The summed E-state index contributed by atoms with van der Waals surface area (Å²) in [5.74, 6) is -10.5. The predicted octanol–water partition coefficient (Wildman–Crippen LogP) is 1.99. The number of phenolic OH excluding ortho intramolecular Hbond substituents is 1. The van der Waals surface area contributed by atoms with Gasteiger partial charge in [-0.2, -0.15) is 0 Å². The smallest absolute Gasteiger partial charge is 0.235 e. The number of hydrogen-bond donors (Lipinski definition) is 4. The van der Waals surface area contributed by atoms with Crippen LogP contribution >= 0.6 is 0 Å². The Morgan fingerprint density at radius 1 is 1.05 bits per heavy atom. The summed E-state index contributed by atoms with van der Waals surface area (Å²) in [4.78, 5) is 68.2. The van der Waals surface area contributed by atoms with Gasteiger partial charge in [-0.1, -0.05) is 39.0 Å². The van der Waals surface area contributed by atoms with Gasteiger partial charge in [-0.25, -0.2) is 0 Å². The summed E-state index contributed by atoms with van der Waals surface area (Å²) >= 11 is 0. The van der Waals surface area contributed by atoms with Crippen molar-refractivity contribution in [3.05, 3.63) is 47.5 Å². The van der Waals surface area contributed by atoms with Crippen LogP contribution in [0.25, 0.3) is 11.1 Å². The van der Waals surface area contributed by atoms with Gasteiger partial charge >= 0.3 is 0 Å². The third-order valence-corrected chi connectivity index (χ3v) is 8.96. The van der Waals surface area contributed by atoms with Crippen LogP contribution in [0.3, 0.4) is 0 Å². The molecule has 3 unspecified atom stereocenters. The third-order valence-electron chi connectivity index (χ3n) is 8.96. The molecule has 0 bridgehead atoms. The van der Waals surface area contributed by atoms with E-state index < -0.39 is 64.4 Å². The first kappa shape index (κ1) is 29.6. The van der Waals surface area contributed by atoms with Gasteiger partial charge in [-0.3, -0.25) is 28.9 Å². The monoisotopic (exact) mass is 575 g/mol. The molecule has 2 fully saturated rings. The van der Waals surface area contributed by atoms with Gasteiger partial charge in [0, 0.05) is 18.2 Å². The SMILES string of the molecule is CN(C)C1C(=O)C(C(N)=O)C(=O)[C@@]2(O)C(=O)C3C(=O)c4c(O)ccc(-c5ccc(NCC(C)(C)C)cc5)c4C[C@H]3C[C@@H]12. The molecule has 0 aliphatic heterocycles. The maximum Gasteiger partial charge on any atom is 0.235 e. The van der Waals surface area contributed by atoms with Crippen LogP contribution < -0.4 is 11.1 Å². The fourth-order valence-electron chi connectivity index (χ4n) is 7.01. The number of hydrogen-bond acceptors (Lipinski definition) is 9. The molecule has 5 N–H and O–H groups in total. The molecule has 6 atom stereocenters. The number of fused-ring (bicyclic) bond motifs is 3. The highest BCUT2D eigenvalue weighted by molar-refractivity contribution is 6.32. The number of aliphatic hydroxyl groups is 1. The van der Waals surface area contributed by atoms with E-state index >= 15 is 0 Å². The molecular formula is C32H37N3O7. The fourth-order valence-corrected chi connectivity index (χ4v) is 7.01. The minimum absolute atomic E-state index is 0.00858. The van der Waals surface area contributed by atoms with E-state index in [-0.39, 0.29) is 29.6 Å². The zero-order valence-corrected chi connectivity index (χ0v) is 24.4. The number of amides is 1. The largest absolute Gasteiger partial charge is 0.507 e. The van der Waals surface area contributed by atoms with Crippen molar-refractivity contribution in [2.75, 3.05) is 26.0 Å². The van der Waals surface area contributed by atoms with Crippen LogP contribution in [0.1, 0.15) is 43.1 Å². The molecule has 3 aliphatic carbocycles. The molecule has 10 nitrogen and oxygen atoms in total. The molecule has 5 rings (SSSR count). The van der Waals surface area contributed by atoms with Crippen molar-refractivity contribution in [1.29, 1.82) is 0 Å². The third kappa shape index (κ3) is 4.53. The number of rotatable bonds is 5. The fraction of sp³-hybridized carbons (Fsp3) is 0.469. The molecule has 42 heavy (non-hydrogen) atoms. The standard InChI is InChI=1S/C32H37N3O7/c1-31(2,3)14-34-17-8-6-15(7-9-17)18-10-11-21(36)23-19(18)12-16-13-20-25(35(4)5)27(38)24(30(33)41)29(40)32(20,42)28(39)22(16)26(23)37/h6-11,16,20,22,24-25,34,36,42H,12-14H2,1-5H3,(H2,33,41)/t16-,20-,22?,24?,25?,32-/m0/s1. The summed E-state index contributed by atoms with van der Waals surface area (Å²) in [6.07, 6.45) is 0.217. The highest BCUT2D eigenvalue weighted by atomic mass is 16.3. The lowest BCUT2D eigenvalue weighted by Gasteiger charge is -2.52. The van der Waals surface area contributed by atoms with Crippen molar-refractivity contribution >= 4 is 34.7 Å². The number of carbonyl (C=O) groups is 5. The number of ketones is 4. The van der Waals surface area contributed by atoms with E-state index in [1.807, 2.05) is 24.3 Å². The van der Waals surface area contributed by atoms with E-state index in [2.05, 4.69) is 26.1 Å². The Bertz CT molecular complexity index is 1510. The lowest BCUT2D eigenvalue weighted by Crippen LogP contribution is -2.74.